The quantitative estimate of drug-likeness (QED) is 0.719. The van der Waals surface area contributed by atoms with E-state index in [-0.39, 0.29) is 0 Å². The number of aromatic nitrogens is 1. The van der Waals surface area contributed by atoms with E-state index in [4.69, 9.17) is 16.3 Å². The first kappa shape index (κ1) is 16.3. The molecule has 21 heavy (non-hydrogen) atoms. The lowest BCUT2D eigenvalue weighted by molar-refractivity contribution is 0.458. The minimum atomic E-state index is 0.555. The van der Waals surface area contributed by atoms with Gasteiger partial charge in [-0.3, -0.25) is 0 Å². The van der Waals surface area contributed by atoms with E-state index in [0.717, 1.165) is 35.1 Å². The first-order chi connectivity index (χ1) is 10.1. The number of hydrogen-bond donors (Lipinski definition) is 1. The van der Waals surface area contributed by atoms with E-state index in [1.807, 2.05) is 25.3 Å². The Morgan fingerprint density at radius 3 is 2.81 bits per heavy atom. The van der Waals surface area contributed by atoms with Crippen molar-refractivity contribution in [3.05, 3.63) is 51.1 Å². The van der Waals surface area contributed by atoms with Crippen LogP contribution in [0.5, 0.6) is 11.6 Å². The molecule has 0 bridgehead atoms. The second kappa shape index (κ2) is 7.78. The maximum Gasteiger partial charge on any atom is 0.222 e. The van der Waals surface area contributed by atoms with Gasteiger partial charge in [0.1, 0.15) is 5.75 Å². The Morgan fingerprint density at radius 2 is 2.14 bits per heavy atom. The Bertz CT molecular complexity index is 619. The van der Waals surface area contributed by atoms with Gasteiger partial charge in [0.05, 0.1) is 5.02 Å². The molecule has 0 spiro atoms. The molecule has 0 aliphatic heterocycles. The van der Waals surface area contributed by atoms with Gasteiger partial charge in [0.15, 0.2) is 0 Å². The van der Waals surface area contributed by atoms with Crippen LogP contribution in [0.1, 0.15) is 24.5 Å². The van der Waals surface area contributed by atoms with Crippen molar-refractivity contribution in [2.45, 2.75) is 26.8 Å². The van der Waals surface area contributed by atoms with E-state index in [2.05, 4.69) is 39.2 Å². The number of nitrogens with one attached hydrogen (secondary N) is 1. The number of rotatable bonds is 6. The molecule has 1 N–H and O–H groups in total. The van der Waals surface area contributed by atoms with E-state index in [0.29, 0.717) is 16.7 Å². The van der Waals surface area contributed by atoms with Gasteiger partial charge in [-0.05, 0) is 49.7 Å². The summed E-state index contributed by atoms with van der Waals surface area (Å²) < 4.78 is 6.71. The van der Waals surface area contributed by atoms with Crippen molar-refractivity contribution in [2.24, 2.45) is 0 Å². The molecule has 0 fully saturated rings. The third-order valence-electron chi connectivity index (χ3n) is 2.94. The number of nitrogens with zero attached hydrogens (tertiary/aromatic N) is 1. The molecule has 0 unspecified atom stereocenters. The second-order valence-electron chi connectivity index (χ2n) is 4.82. The van der Waals surface area contributed by atoms with Crippen LogP contribution in [0.2, 0.25) is 5.02 Å². The highest BCUT2D eigenvalue weighted by Gasteiger charge is 2.08. The molecule has 3 nitrogen and oxygen atoms in total. The summed E-state index contributed by atoms with van der Waals surface area (Å²) >= 11 is 9.53. The van der Waals surface area contributed by atoms with Crippen LogP contribution >= 0.6 is 27.5 Å². The van der Waals surface area contributed by atoms with E-state index < -0.39 is 0 Å². The smallest absolute Gasteiger partial charge is 0.222 e. The van der Waals surface area contributed by atoms with Crippen LogP contribution in [-0.2, 0) is 6.54 Å². The fraction of sp³-hybridized carbons (Fsp3) is 0.312. The molecule has 0 radical (unpaired) electrons. The van der Waals surface area contributed by atoms with Crippen LogP contribution in [0.15, 0.2) is 34.9 Å². The van der Waals surface area contributed by atoms with Crippen molar-refractivity contribution in [1.82, 2.24) is 10.3 Å². The van der Waals surface area contributed by atoms with Crippen molar-refractivity contribution in [3.63, 3.8) is 0 Å². The average Bonchev–Trinajstić information content (AvgIpc) is 2.44. The molecule has 1 heterocycles. The van der Waals surface area contributed by atoms with Crippen LogP contribution in [0.25, 0.3) is 0 Å². The summed E-state index contributed by atoms with van der Waals surface area (Å²) in [6, 6.07) is 7.59. The number of pyridine rings is 1. The van der Waals surface area contributed by atoms with Gasteiger partial charge in [-0.2, -0.15) is 0 Å². The highest BCUT2D eigenvalue weighted by atomic mass is 79.9. The number of benzene rings is 1. The van der Waals surface area contributed by atoms with Crippen LogP contribution < -0.4 is 10.1 Å². The highest BCUT2D eigenvalue weighted by Crippen LogP contribution is 2.32. The zero-order valence-corrected chi connectivity index (χ0v) is 14.5. The molecular weight excluding hydrogens is 352 g/mol. The Balaban J connectivity index is 2.10. The molecule has 0 saturated heterocycles. The largest absolute Gasteiger partial charge is 0.437 e. The Morgan fingerprint density at radius 1 is 1.33 bits per heavy atom. The molecule has 0 aliphatic rings. The van der Waals surface area contributed by atoms with Crippen molar-refractivity contribution < 1.29 is 4.74 Å². The summed E-state index contributed by atoms with van der Waals surface area (Å²) in [5.74, 6) is 1.19. The SMILES string of the molecule is CCCNCc1cnc(Oc2ccc(Br)cc2Cl)c(C)c1. The predicted octanol–water partition coefficient (Wildman–Crippen LogP) is 5.10. The molecule has 0 aliphatic carbocycles. The van der Waals surface area contributed by atoms with Gasteiger partial charge in [-0.1, -0.05) is 34.5 Å². The molecule has 1 aromatic heterocycles. The maximum absolute atomic E-state index is 6.15. The standard InChI is InChI=1S/C16H18BrClN2O/c1-3-6-19-9-12-7-11(2)16(20-10-12)21-15-5-4-13(17)8-14(15)18/h4-5,7-8,10,19H,3,6,9H2,1-2H3. The monoisotopic (exact) mass is 368 g/mol. The summed E-state index contributed by atoms with van der Waals surface area (Å²) in [7, 11) is 0. The van der Waals surface area contributed by atoms with Gasteiger partial charge in [0.25, 0.3) is 0 Å². The van der Waals surface area contributed by atoms with Gasteiger partial charge in [0, 0.05) is 22.8 Å². The van der Waals surface area contributed by atoms with Gasteiger partial charge in [-0.15, -0.1) is 0 Å². The number of halogens is 2. The molecule has 0 amide bonds. The fourth-order valence-corrected chi connectivity index (χ4v) is 2.61. The third kappa shape index (κ3) is 4.70. The number of hydrogen-bond acceptors (Lipinski definition) is 3. The minimum Gasteiger partial charge on any atom is -0.437 e. The first-order valence-electron chi connectivity index (χ1n) is 6.89. The van der Waals surface area contributed by atoms with E-state index in [9.17, 15) is 0 Å². The van der Waals surface area contributed by atoms with Gasteiger partial charge in [-0.25, -0.2) is 4.98 Å². The lowest BCUT2D eigenvalue weighted by Crippen LogP contribution is -2.14. The maximum atomic E-state index is 6.15. The molecule has 2 rings (SSSR count). The van der Waals surface area contributed by atoms with Gasteiger partial charge in [0.2, 0.25) is 5.88 Å². The highest BCUT2D eigenvalue weighted by molar-refractivity contribution is 9.10. The minimum absolute atomic E-state index is 0.555. The summed E-state index contributed by atoms with van der Waals surface area (Å²) in [4.78, 5) is 4.38. The molecule has 1 aromatic carbocycles. The van der Waals surface area contributed by atoms with Crippen LogP contribution in [0.3, 0.4) is 0 Å². The Labute approximate surface area is 138 Å². The molecule has 5 heteroatoms. The zero-order chi connectivity index (χ0) is 15.2. The van der Waals surface area contributed by atoms with E-state index >= 15 is 0 Å². The molecule has 2 aromatic rings. The summed E-state index contributed by atoms with van der Waals surface area (Å²) in [6.07, 6.45) is 2.95. The molecular formula is C16H18BrClN2O. The molecule has 0 saturated carbocycles. The number of ether oxygens (including phenoxy) is 1. The van der Waals surface area contributed by atoms with Crippen molar-refractivity contribution in [3.8, 4) is 11.6 Å². The summed E-state index contributed by atoms with van der Waals surface area (Å²) in [6.45, 7) is 5.96. The van der Waals surface area contributed by atoms with Gasteiger partial charge >= 0.3 is 0 Å². The third-order valence-corrected chi connectivity index (χ3v) is 3.73. The predicted molar refractivity (Wildman–Crippen MR) is 90.2 cm³/mol. The number of aryl methyl sites for hydroxylation is 1. The fourth-order valence-electron chi connectivity index (χ4n) is 1.90. The summed E-state index contributed by atoms with van der Waals surface area (Å²) in [5.41, 5.74) is 2.14. The molecule has 0 atom stereocenters. The molecule has 112 valence electrons. The topological polar surface area (TPSA) is 34.2 Å². The van der Waals surface area contributed by atoms with Gasteiger partial charge < -0.3 is 10.1 Å². The zero-order valence-electron chi connectivity index (χ0n) is 12.1. The van der Waals surface area contributed by atoms with Crippen LogP contribution in [0, 0.1) is 6.92 Å². The Kier molecular flexibility index (Phi) is 6.03. The lowest BCUT2D eigenvalue weighted by atomic mass is 10.2. The summed E-state index contributed by atoms with van der Waals surface area (Å²) in [5, 5.41) is 3.91. The normalized spacial score (nSPS) is 10.7. The average molecular weight is 370 g/mol. The first-order valence-corrected chi connectivity index (χ1v) is 8.06. The van der Waals surface area contributed by atoms with Crippen LogP contribution in [0.4, 0.5) is 0 Å². The van der Waals surface area contributed by atoms with E-state index in [1.54, 1.807) is 6.07 Å². The van der Waals surface area contributed by atoms with Crippen LogP contribution in [-0.4, -0.2) is 11.5 Å². The second-order valence-corrected chi connectivity index (χ2v) is 6.14. The Hall–Kier alpha value is -1.10. The van der Waals surface area contributed by atoms with E-state index in [1.165, 1.54) is 0 Å². The van der Waals surface area contributed by atoms with Crippen molar-refractivity contribution in [1.29, 1.82) is 0 Å². The lowest BCUT2D eigenvalue weighted by Gasteiger charge is -2.11. The van der Waals surface area contributed by atoms with Crippen molar-refractivity contribution in [2.75, 3.05) is 6.54 Å². The van der Waals surface area contributed by atoms with Crippen molar-refractivity contribution >= 4 is 27.5 Å².